The van der Waals surface area contributed by atoms with Gasteiger partial charge < -0.3 is 41.6 Å². The number of nitrogens with zero attached hydrogens (tertiary/aromatic N) is 1. The first-order valence-electron chi connectivity index (χ1n) is 20.9. The molecule has 0 aliphatic heterocycles. The third-order valence-corrected chi connectivity index (χ3v) is 14.6. The van der Waals surface area contributed by atoms with Crippen LogP contribution in [0.2, 0.25) is 0 Å². The average molecular weight is 823 g/mol. The summed E-state index contributed by atoms with van der Waals surface area (Å²) in [6.07, 6.45) is 7.06. The number of nitrogens with two attached hydrogens (primary N) is 2. The molecule has 11 atom stereocenters. The number of carbonyl (C=O) groups is 3. The molecule has 2 amide bonds. The topological polar surface area (TPSA) is 207 Å². The predicted molar refractivity (Wildman–Crippen MR) is 218 cm³/mol. The molecule has 0 heterocycles. The first-order valence-corrected chi connectivity index (χ1v) is 20.9. The first-order chi connectivity index (χ1) is 27.9. The van der Waals surface area contributed by atoms with Crippen molar-refractivity contribution in [2.75, 3.05) is 13.2 Å². The van der Waals surface area contributed by atoms with Crippen LogP contribution >= 0.6 is 0 Å². The number of aliphatic hydroxyl groups is 2. The monoisotopic (exact) mass is 822 g/mol. The Bertz CT molecular complexity index is 1920. The average Bonchev–Trinajstić information content (AvgIpc) is 3.53. The zero-order chi connectivity index (χ0) is 42.8. The zero-order valence-electron chi connectivity index (χ0n) is 34.5. The van der Waals surface area contributed by atoms with Crippen molar-refractivity contribution in [3.05, 3.63) is 64.7 Å². The molecular formula is C45H60F2N4O8. The van der Waals surface area contributed by atoms with E-state index in [9.17, 15) is 38.5 Å². The lowest BCUT2D eigenvalue weighted by atomic mass is 9.43. The highest BCUT2D eigenvalue weighted by atomic mass is 19.1. The zero-order valence-corrected chi connectivity index (χ0v) is 34.5. The van der Waals surface area contributed by atoms with Crippen LogP contribution in [0.3, 0.4) is 0 Å². The summed E-state index contributed by atoms with van der Waals surface area (Å²) in [5, 5.41) is 35.8. The van der Waals surface area contributed by atoms with Gasteiger partial charge in [-0.25, -0.2) is 8.78 Å². The summed E-state index contributed by atoms with van der Waals surface area (Å²) >= 11 is 0. The molecule has 0 saturated heterocycles. The minimum atomic E-state index is -0.978. The number of benzene rings is 2. The number of rotatable bonds is 14. The van der Waals surface area contributed by atoms with Gasteiger partial charge in [0.2, 0.25) is 5.91 Å². The van der Waals surface area contributed by atoms with Gasteiger partial charge in [0, 0.05) is 18.5 Å². The number of ether oxygens (including phenoxy) is 2. The second kappa shape index (κ2) is 18.1. The third kappa shape index (κ3) is 9.49. The summed E-state index contributed by atoms with van der Waals surface area (Å²) in [6, 6.07) is 8.34. The van der Waals surface area contributed by atoms with Crippen LogP contribution in [0.5, 0.6) is 11.5 Å². The van der Waals surface area contributed by atoms with Gasteiger partial charge in [0.05, 0.1) is 31.3 Å². The lowest BCUT2D eigenvalue weighted by Gasteiger charge is -2.63. The molecule has 0 unspecified atom stereocenters. The van der Waals surface area contributed by atoms with Crippen LogP contribution < -0.4 is 21.5 Å². The Morgan fingerprint density at radius 2 is 1.71 bits per heavy atom. The molecule has 322 valence electrons. The van der Waals surface area contributed by atoms with E-state index in [1.54, 1.807) is 12.1 Å². The minimum absolute atomic E-state index is 0.0116. The molecule has 2 aromatic rings. The lowest BCUT2D eigenvalue weighted by molar-refractivity contribution is -0.209. The van der Waals surface area contributed by atoms with Crippen molar-refractivity contribution < 1.29 is 48.0 Å². The van der Waals surface area contributed by atoms with Crippen molar-refractivity contribution in [1.29, 1.82) is 0 Å². The number of nitrogens with one attached hydrogen (secondary N) is 1. The van der Waals surface area contributed by atoms with E-state index < -0.39 is 47.4 Å². The Morgan fingerprint density at radius 3 is 2.37 bits per heavy atom. The van der Waals surface area contributed by atoms with Gasteiger partial charge in [-0.3, -0.25) is 14.4 Å². The number of aliphatic imine (C=N–C) groups is 1. The fourth-order valence-corrected chi connectivity index (χ4v) is 11.6. The van der Waals surface area contributed by atoms with Crippen molar-refractivity contribution in [3.8, 4) is 11.5 Å². The Balaban J connectivity index is 0.955. The van der Waals surface area contributed by atoms with Crippen LogP contribution in [0, 0.1) is 58.0 Å². The number of guanidine groups is 1. The molecule has 4 fully saturated rings. The number of halogens is 2. The number of hydrogen-bond donors (Lipinski definition) is 6. The summed E-state index contributed by atoms with van der Waals surface area (Å²) in [7, 11) is 0. The highest BCUT2D eigenvalue weighted by Gasteiger charge is 2.65. The van der Waals surface area contributed by atoms with Crippen LogP contribution in [0.1, 0.15) is 96.6 Å². The van der Waals surface area contributed by atoms with Crippen LogP contribution in [-0.2, 0) is 25.5 Å². The second-order valence-electron chi connectivity index (χ2n) is 18.0. The highest BCUT2D eigenvalue weighted by Crippen LogP contribution is 2.68. The van der Waals surface area contributed by atoms with Gasteiger partial charge in [0.1, 0.15) is 5.75 Å². The molecule has 4 aliphatic carbocycles. The summed E-state index contributed by atoms with van der Waals surface area (Å²) in [6.45, 7) is 8.77. The molecule has 14 heteroatoms. The number of carboxylic acids is 1. The van der Waals surface area contributed by atoms with Crippen LogP contribution in [0.15, 0.2) is 47.0 Å². The number of aliphatic carboxylic acids is 1. The van der Waals surface area contributed by atoms with Gasteiger partial charge in [0.25, 0.3) is 5.91 Å². The molecule has 8 N–H and O–H groups in total. The van der Waals surface area contributed by atoms with E-state index in [0.717, 1.165) is 44.2 Å². The summed E-state index contributed by atoms with van der Waals surface area (Å²) in [5.41, 5.74) is 10.9. The second-order valence-corrected chi connectivity index (χ2v) is 18.0. The third-order valence-electron chi connectivity index (χ3n) is 14.6. The van der Waals surface area contributed by atoms with E-state index in [2.05, 4.69) is 31.1 Å². The molecule has 12 nitrogen and oxygen atoms in total. The van der Waals surface area contributed by atoms with E-state index in [0.29, 0.717) is 38.0 Å². The number of fused-ring (bicyclic) bond motifs is 5. The molecule has 4 aliphatic rings. The van der Waals surface area contributed by atoms with Crippen LogP contribution in [-0.4, -0.2) is 70.5 Å². The minimum Gasteiger partial charge on any atom is -0.481 e. The maximum atomic E-state index is 14.8. The van der Waals surface area contributed by atoms with Crippen molar-refractivity contribution >= 4 is 29.8 Å². The number of aliphatic hydroxyl groups excluding tert-OH is 2. The number of hydrogen-bond acceptors (Lipinski definition) is 7. The molecule has 0 aromatic heterocycles. The molecule has 0 bridgehead atoms. The Labute approximate surface area is 344 Å². The Hall–Kier alpha value is -4.40. The summed E-state index contributed by atoms with van der Waals surface area (Å²) in [5.74, 6) is -3.34. The number of carbonyl (C=O) groups excluding carboxylic acids is 2. The van der Waals surface area contributed by atoms with Gasteiger partial charge in [-0.2, -0.15) is 4.99 Å². The van der Waals surface area contributed by atoms with Crippen molar-refractivity contribution in [2.45, 2.75) is 110 Å². The molecule has 0 radical (unpaired) electrons. The summed E-state index contributed by atoms with van der Waals surface area (Å²) < 4.78 is 41.4. The van der Waals surface area contributed by atoms with Gasteiger partial charge in [-0.15, -0.1) is 0 Å². The van der Waals surface area contributed by atoms with E-state index in [4.69, 9.17) is 20.9 Å². The SMILES string of the molecule is CC(=Cc1cc(F)c(Oc2ccc(CC(=O)NCCO[C@H]3CC[C@@]4(C)[C@@H](C3)C[C@@H](O)[C@@H]3[C@@H]4C[C@H](O)[C@]4(C)[C@@H]([C@H](C)CCC(=O)O)CC[C@@H]34)cc2)c(F)c1)C(=O)N=C(N)N. The standard InChI is InChI=1S/C45H60F2N4O8/c1-24(5-12-39(55)56)31-10-11-32-40-33(23-37(53)45(31,32)4)44(3)14-13-30(21-28(44)22-36(40)52)58-16-15-50-38(54)20-26-6-8-29(9-7-26)59-41-34(46)18-27(19-35(41)47)17-25(2)42(57)51-43(48)49/h6-9,17-19,24,28,30-33,36-37,40,52-53H,5,10-16,20-23H2,1-4H3,(H,50,54)(H,55,56)(H4,48,49,51,57)/t24-,28+,30+,31-,32+,33+,36-,37+,40+,44+,45-/m1/s1. The Kier molecular flexibility index (Phi) is 13.5. The molecule has 2 aromatic carbocycles. The Morgan fingerprint density at radius 1 is 1.02 bits per heavy atom. The summed E-state index contributed by atoms with van der Waals surface area (Å²) in [4.78, 5) is 39.4. The van der Waals surface area contributed by atoms with Crippen molar-refractivity contribution in [3.63, 3.8) is 0 Å². The lowest BCUT2D eigenvalue weighted by Crippen LogP contribution is -2.62. The normalized spacial score (nSPS) is 31.9. The van der Waals surface area contributed by atoms with E-state index in [-0.39, 0.29) is 88.1 Å². The van der Waals surface area contributed by atoms with Crippen LogP contribution in [0.4, 0.5) is 8.78 Å². The van der Waals surface area contributed by atoms with Gasteiger partial charge in [0.15, 0.2) is 23.3 Å². The predicted octanol–water partition coefficient (Wildman–Crippen LogP) is 6.11. The fraction of sp³-hybridized carbons (Fsp3) is 0.600. The quantitative estimate of drug-likeness (QED) is 0.0558. The van der Waals surface area contributed by atoms with Gasteiger partial charge in [-0.1, -0.05) is 32.9 Å². The number of amides is 2. The molecular weight excluding hydrogens is 763 g/mol. The molecule has 4 saturated carbocycles. The smallest absolute Gasteiger partial charge is 0.303 e. The molecule has 0 spiro atoms. The maximum absolute atomic E-state index is 14.8. The fourth-order valence-electron chi connectivity index (χ4n) is 11.6. The van der Waals surface area contributed by atoms with Crippen molar-refractivity contribution in [1.82, 2.24) is 5.32 Å². The largest absolute Gasteiger partial charge is 0.481 e. The van der Waals surface area contributed by atoms with E-state index in [1.165, 1.54) is 25.1 Å². The van der Waals surface area contributed by atoms with Gasteiger partial charge >= 0.3 is 5.97 Å². The molecule has 6 rings (SSSR count). The van der Waals surface area contributed by atoms with E-state index in [1.807, 2.05) is 0 Å². The van der Waals surface area contributed by atoms with Crippen molar-refractivity contribution in [2.24, 2.45) is 62.8 Å². The van der Waals surface area contributed by atoms with Gasteiger partial charge in [-0.05, 0) is 146 Å². The number of carboxylic acid groups (broad SMARTS) is 1. The maximum Gasteiger partial charge on any atom is 0.303 e. The highest BCUT2D eigenvalue weighted by molar-refractivity contribution is 6.03. The van der Waals surface area contributed by atoms with Crippen LogP contribution in [0.25, 0.3) is 6.08 Å². The first kappa shape index (κ1) is 44.2. The molecule has 59 heavy (non-hydrogen) atoms. The van der Waals surface area contributed by atoms with E-state index >= 15 is 0 Å².